The molecule has 1 aromatic carbocycles. The number of hydrogen-bond acceptors (Lipinski definition) is 8. The van der Waals surface area contributed by atoms with Crippen LogP contribution in [0.4, 0.5) is 13.9 Å². The average Bonchev–Trinajstić information content (AvgIpc) is 3.31. The summed E-state index contributed by atoms with van der Waals surface area (Å²) in [6.07, 6.45) is 1.67. The molecule has 1 amide bonds. The van der Waals surface area contributed by atoms with E-state index in [1.54, 1.807) is 22.8 Å². The van der Waals surface area contributed by atoms with Crippen LogP contribution in [0.1, 0.15) is 0 Å². The number of carbonyl (C=O) groups excluding carboxylic acids is 1. The SMILES string of the molecule is C=CCn1c(SCC(=O)Nc2nncs2)nnc1-c1ccc(OC(F)F)cc1. The molecule has 3 aromatic rings. The second kappa shape index (κ2) is 9.37. The number of anilines is 1. The Balaban J connectivity index is 1.72. The first-order valence-electron chi connectivity index (χ1n) is 7.85. The number of allylic oxidation sites excluding steroid dienone is 1. The summed E-state index contributed by atoms with van der Waals surface area (Å²) in [4.78, 5) is 12.0. The monoisotopic (exact) mass is 424 g/mol. The minimum atomic E-state index is -2.88. The molecule has 2 heterocycles. The molecule has 0 aliphatic heterocycles. The molecule has 3 rings (SSSR count). The summed E-state index contributed by atoms with van der Waals surface area (Å²) in [5.41, 5.74) is 2.19. The molecule has 28 heavy (non-hydrogen) atoms. The van der Waals surface area contributed by atoms with Crippen LogP contribution in [0.5, 0.6) is 5.75 Å². The molecule has 12 heteroatoms. The third-order valence-electron chi connectivity index (χ3n) is 3.30. The quantitative estimate of drug-likeness (QED) is 0.416. The van der Waals surface area contributed by atoms with Crippen molar-refractivity contribution in [3.05, 3.63) is 42.4 Å². The van der Waals surface area contributed by atoms with E-state index in [9.17, 15) is 13.6 Å². The zero-order valence-corrected chi connectivity index (χ0v) is 15.9. The predicted octanol–water partition coefficient (Wildman–Crippen LogP) is 3.31. The van der Waals surface area contributed by atoms with Crippen molar-refractivity contribution in [2.45, 2.75) is 18.3 Å². The topological polar surface area (TPSA) is 94.8 Å². The minimum absolute atomic E-state index is 0.0523. The Kier molecular flexibility index (Phi) is 6.66. The van der Waals surface area contributed by atoms with Crippen LogP contribution >= 0.6 is 23.1 Å². The van der Waals surface area contributed by atoms with Gasteiger partial charge in [0.2, 0.25) is 11.0 Å². The van der Waals surface area contributed by atoms with Crippen molar-refractivity contribution < 1.29 is 18.3 Å². The molecule has 0 spiro atoms. The zero-order chi connectivity index (χ0) is 19.9. The van der Waals surface area contributed by atoms with E-state index in [1.165, 1.54) is 40.7 Å². The van der Waals surface area contributed by atoms with E-state index in [0.29, 0.717) is 28.2 Å². The summed E-state index contributed by atoms with van der Waals surface area (Å²) in [5, 5.41) is 19.3. The van der Waals surface area contributed by atoms with Gasteiger partial charge in [-0.1, -0.05) is 29.2 Å². The molecule has 0 atom stereocenters. The highest BCUT2D eigenvalue weighted by Crippen LogP contribution is 2.26. The Morgan fingerprint density at radius 3 is 2.75 bits per heavy atom. The van der Waals surface area contributed by atoms with Gasteiger partial charge < -0.3 is 4.74 Å². The molecule has 0 saturated carbocycles. The number of halogens is 2. The zero-order valence-electron chi connectivity index (χ0n) is 14.3. The third-order valence-corrected chi connectivity index (χ3v) is 4.88. The van der Waals surface area contributed by atoms with Crippen LogP contribution in [0.2, 0.25) is 0 Å². The van der Waals surface area contributed by atoms with E-state index in [-0.39, 0.29) is 17.4 Å². The molecular weight excluding hydrogens is 410 g/mol. The number of aromatic nitrogens is 5. The van der Waals surface area contributed by atoms with Gasteiger partial charge in [-0.15, -0.1) is 27.0 Å². The summed E-state index contributed by atoms with van der Waals surface area (Å²) in [6, 6.07) is 6.07. The van der Waals surface area contributed by atoms with Crippen molar-refractivity contribution in [1.29, 1.82) is 0 Å². The van der Waals surface area contributed by atoms with Crippen LogP contribution in [-0.4, -0.2) is 43.2 Å². The van der Waals surface area contributed by atoms with Gasteiger partial charge in [0, 0.05) is 12.1 Å². The number of nitrogens with zero attached hydrogens (tertiary/aromatic N) is 5. The maximum Gasteiger partial charge on any atom is 0.387 e. The molecule has 8 nitrogen and oxygen atoms in total. The summed E-state index contributed by atoms with van der Waals surface area (Å²) < 4.78 is 30.7. The Bertz CT molecular complexity index is 931. The molecule has 0 fully saturated rings. The number of rotatable bonds is 9. The van der Waals surface area contributed by atoms with Crippen molar-refractivity contribution in [2.24, 2.45) is 0 Å². The Morgan fingerprint density at radius 2 is 2.11 bits per heavy atom. The molecule has 0 radical (unpaired) electrons. The fraction of sp³-hybridized carbons (Fsp3) is 0.188. The summed E-state index contributed by atoms with van der Waals surface area (Å²) in [5.74, 6) is 0.438. The molecule has 146 valence electrons. The molecule has 2 aromatic heterocycles. The number of benzene rings is 1. The molecule has 0 aliphatic carbocycles. The Morgan fingerprint density at radius 1 is 1.32 bits per heavy atom. The van der Waals surface area contributed by atoms with Crippen molar-refractivity contribution in [3.8, 4) is 17.1 Å². The molecule has 0 aliphatic rings. The van der Waals surface area contributed by atoms with Gasteiger partial charge in [0.1, 0.15) is 11.3 Å². The standard InChI is InChI=1S/C16H14F2N6O2S2/c1-2-7-24-13(10-3-5-11(6-4-10)26-14(17)18)21-23-16(24)27-8-12(25)20-15-22-19-9-28-15/h2-6,9,14H,1,7-8H2,(H,20,22,25). The molecule has 1 N–H and O–H groups in total. The van der Waals surface area contributed by atoms with Crippen LogP contribution in [0.3, 0.4) is 0 Å². The van der Waals surface area contributed by atoms with E-state index < -0.39 is 6.61 Å². The Hall–Kier alpha value is -2.86. The van der Waals surface area contributed by atoms with E-state index in [0.717, 1.165) is 0 Å². The van der Waals surface area contributed by atoms with Crippen LogP contribution in [0, 0.1) is 0 Å². The van der Waals surface area contributed by atoms with E-state index in [4.69, 9.17) is 0 Å². The smallest absolute Gasteiger partial charge is 0.387 e. The first-order chi connectivity index (χ1) is 13.6. The van der Waals surface area contributed by atoms with Gasteiger partial charge in [0.25, 0.3) is 0 Å². The van der Waals surface area contributed by atoms with Crippen molar-refractivity contribution in [2.75, 3.05) is 11.1 Å². The highest BCUT2D eigenvalue weighted by Gasteiger charge is 2.16. The first-order valence-corrected chi connectivity index (χ1v) is 9.71. The maximum atomic E-state index is 12.3. The number of nitrogens with one attached hydrogen (secondary N) is 1. The first kappa shape index (κ1) is 19.9. The number of carbonyl (C=O) groups is 1. The lowest BCUT2D eigenvalue weighted by Gasteiger charge is -2.09. The van der Waals surface area contributed by atoms with Crippen molar-refractivity contribution in [1.82, 2.24) is 25.0 Å². The molecular formula is C16H14F2N6O2S2. The highest BCUT2D eigenvalue weighted by molar-refractivity contribution is 7.99. The molecule has 0 unspecified atom stereocenters. The number of alkyl halides is 2. The maximum absolute atomic E-state index is 12.3. The normalized spacial score (nSPS) is 10.8. The van der Waals surface area contributed by atoms with Gasteiger partial charge in [-0.05, 0) is 24.3 Å². The van der Waals surface area contributed by atoms with Crippen LogP contribution < -0.4 is 10.1 Å². The van der Waals surface area contributed by atoms with E-state index >= 15 is 0 Å². The van der Waals surface area contributed by atoms with Gasteiger partial charge in [-0.2, -0.15) is 8.78 Å². The van der Waals surface area contributed by atoms with Crippen molar-refractivity contribution in [3.63, 3.8) is 0 Å². The number of hydrogen-bond donors (Lipinski definition) is 1. The number of amides is 1. The summed E-state index contributed by atoms with van der Waals surface area (Å²) in [7, 11) is 0. The van der Waals surface area contributed by atoms with Crippen LogP contribution in [0.15, 0.2) is 47.6 Å². The second-order valence-corrected chi connectivity index (χ2v) is 6.96. The van der Waals surface area contributed by atoms with Gasteiger partial charge in [-0.25, -0.2) is 0 Å². The molecule has 0 saturated heterocycles. The summed E-state index contributed by atoms with van der Waals surface area (Å²) >= 11 is 2.43. The second-order valence-electron chi connectivity index (χ2n) is 5.19. The van der Waals surface area contributed by atoms with Gasteiger partial charge in [0.15, 0.2) is 11.0 Å². The van der Waals surface area contributed by atoms with Gasteiger partial charge in [-0.3, -0.25) is 14.7 Å². The Labute approximate surface area is 166 Å². The minimum Gasteiger partial charge on any atom is -0.435 e. The largest absolute Gasteiger partial charge is 0.435 e. The lowest BCUT2D eigenvalue weighted by molar-refractivity contribution is -0.113. The van der Waals surface area contributed by atoms with Crippen LogP contribution in [-0.2, 0) is 11.3 Å². The lowest BCUT2D eigenvalue weighted by Crippen LogP contribution is -2.14. The number of ether oxygens (including phenoxy) is 1. The molecule has 0 bridgehead atoms. The van der Waals surface area contributed by atoms with Gasteiger partial charge >= 0.3 is 6.61 Å². The summed E-state index contributed by atoms with van der Waals surface area (Å²) in [6.45, 7) is 1.25. The lowest BCUT2D eigenvalue weighted by atomic mass is 10.2. The van der Waals surface area contributed by atoms with E-state index in [2.05, 4.69) is 37.0 Å². The fourth-order valence-corrected chi connectivity index (χ4v) is 3.41. The highest BCUT2D eigenvalue weighted by atomic mass is 32.2. The van der Waals surface area contributed by atoms with Crippen molar-refractivity contribution >= 4 is 34.1 Å². The van der Waals surface area contributed by atoms with E-state index in [1.807, 2.05) is 0 Å². The van der Waals surface area contributed by atoms with Crippen LogP contribution in [0.25, 0.3) is 11.4 Å². The average molecular weight is 424 g/mol. The van der Waals surface area contributed by atoms with Gasteiger partial charge in [0.05, 0.1) is 5.75 Å². The predicted molar refractivity (Wildman–Crippen MR) is 102 cm³/mol. The third kappa shape index (κ3) is 5.10. The fourth-order valence-electron chi connectivity index (χ4n) is 2.20. The number of thioether (sulfide) groups is 1.